The van der Waals surface area contributed by atoms with E-state index in [9.17, 15) is 18.0 Å². The van der Waals surface area contributed by atoms with E-state index in [1.165, 1.54) is 4.90 Å². The van der Waals surface area contributed by atoms with Crippen molar-refractivity contribution in [3.05, 3.63) is 65.2 Å². The number of unbranched alkanes of at least 4 members (excludes halogenated alkanes) is 1. The number of nitrogens with zero attached hydrogens (tertiary/aromatic N) is 2. The van der Waals surface area contributed by atoms with E-state index in [4.69, 9.17) is 11.6 Å². The second-order valence-corrected chi connectivity index (χ2v) is 9.86. The van der Waals surface area contributed by atoms with E-state index in [1.807, 2.05) is 37.3 Å². The van der Waals surface area contributed by atoms with E-state index in [0.717, 1.165) is 29.0 Å². The highest BCUT2D eigenvalue weighted by molar-refractivity contribution is 7.92. The summed E-state index contributed by atoms with van der Waals surface area (Å²) in [6.07, 6.45) is 2.79. The molecule has 2 rings (SSSR count). The summed E-state index contributed by atoms with van der Waals surface area (Å²) in [4.78, 5) is 27.5. The first-order valence-corrected chi connectivity index (χ1v) is 12.7. The Morgan fingerprint density at radius 1 is 1.06 bits per heavy atom. The second-order valence-electron chi connectivity index (χ2n) is 7.55. The lowest BCUT2D eigenvalue weighted by molar-refractivity contribution is -0.139. The standard InChI is InChI=1S/C23H30ClN3O4S/c1-4-5-15-25-23(29)18(2)26(16-19-11-7-6-8-12-19)22(28)17-27(32(3,30)31)21-14-10-9-13-20(21)24/h6-14,18H,4-5,15-17H2,1-3H3,(H,25,29)/t18-/m0/s1. The van der Waals surface area contributed by atoms with Crippen molar-refractivity contribution >= 4 is 39.1 Å². The number of halogens is 1. The predicted octanol–water partition coefficient (Wildman–Crippen LogP) is 3.44. The summed E-state index contributed by atoms with van der Waals surface area (Å²) in [7, 11) is -3.80. The fourth-order valence-corrected chi connectivity index (χ4v) is 4.30. The lowest BCUT2D eigenvalue weighted by atomic mass is 10.1. The Morgan fingerprint density at radius 2 is 1.69 bits per heavy atom. The first kappa shape index (κ1) is 25.7. The quantitative estimate of drug-likeness (QED) is 0.500. The molecule has 0 aliphatic carbocycles. The van der Waals surface area contributed by atoms with Gasteiger partial charge in [-0.25, -0.2) is 8.42 Å². The number of hydrogen-bond acceptors (Lipinski definition) is 4. The number of rotatable bonds is 11. The molecule has 1 atom stereocenters. The van der Waals surface area contributed by atoms with Crippen LogP contribution in [0.2, 0.25) is 5.02 Å². The van der Waals surface area contributed by atoms with Gasteiger partial charge in [-0.2, -0.15) is 0 Å². The van der Waals surface area contributed by atoms with Crippen LogP contribution in [0.25, 0.3) is 0 Å². The monoisotopic (exact) mass is 479 g/mol. The fraction of sp³-hybridized carbons (Fsp3) is 0.391. The van der Waals surface area contributed by atoms with Crippen molar-refractivity contribution in [3.63, 3.8) is 0 Å². The Hall–Kier alpha value is -2.58. The van der Waals surface area contributed by atoms with Crippen LogP contribution in [-0.4, -0.2) is 50.5 Å². The fourth-order valence-electron chi connectivity index (χ4n) is 3.15. The first-order chi connectivity index (χ1) is 15.1. The van der Waals surface area contributed by atoms with Gasteiger partial charge >= 0.3 is 0 Å². The zero-order valence-corrected chi connectivity index (χ0v) is 20.2. The summed E-state index contributed by atoms with van der Waals surface area (Å²) in [5.74, 6) is -0.788. The molecule has 0 saturated heterocycles. The van der Waals surface area contributed by atoms with Gasteiger partial charge in [0, 0.05) is 13.1 Å². The van der Waals surface area contributed by atoms with Crippen molar-refractivity contribution in [1.29, 1.82) is 0 Å². The Labute approximate surface area is 195 Å². The molecule has 2 amide bonds. The van der Waals surface area contributed by atoms with Gasteiger partial charge < -0.3 is 10.2 Å². The van der Waals surface area contributed by atoms with Crippen LogP contribution in [0.5, 0.6) is 0 Å². The maximum atomic E-state index is 13.4. The van der Waals surface area contributed by atoms with E-state index in [0.29, 0.717) is 6.54 Å². The Kier molecular flexibility index (Phi) is 9.53. The Bertz CT molecular complexity index is 1010. The third-order valence-corrected chi connectivity index (χ3v) is 6.44. The van der Waals surface area contributed by atoms with Crippen LogP contribution in [0, 0.1) is 0 Å². The third-order valence-electron chi connectivity index (χ3n) is 4.99. The number of hydrogen-bond donors (Lipinski definition) is 1. The minimum absolute atomic E-state index is 0.169. The summed E-state index contributed by atoms with van der Waals surface area (Å²) >= 11 is 6.21. The Balaban J connectivity index is 2.33. The lowest BCUT2D eigenvalue weighted by Crippen LogP contribution is -2.51. The molecule has 174 valence electrons. The van der Waals surface area contributed by atoms with Gasteiger partial charge in [0.25, 0.3) is 0 Å². The van der Waals surface area contributed by atoms with E-state index in [1.54, 1.807) is 31.2 Å². The highest BCUT2D eigenvalue weighted by Gasteiger charge is 2.30. The Morgan fingerprint density at radius 3 is 2.28 bits per heavy atom. The maximum Gasteiger partial charge on any atom is 0.244 e. The number of carbonyl (C=O) groups excluding carboxylic acids is 2. The SMILES string of the molecule is CCCCNC(=O)[C@H](C)N(Cc1ccccc1)C(=O)CN(c1ccccc1Cl)S(C)(=O)=O. The smallest absolute Gasteiger partial charge is 0.244 e. The molecule has 2 aromatic carbocycles. The molecule has 0 spiro atoms. The predicted molar refractivity (Wildman–Crippen MR) is 128 cm³/mol. The highest BCUT2D eigenvalue weighted by Crippen LogP contribution is 2.27. The van der Waals surface area contributed by atoms with Gasteiger partial charge in [0.05, 0.1) is 17.0 Å². The number of carbonyl (C=O) groups is 2. The van der Waals surface area contributed by atoms with Crippen molar-refractivity contribution < 1.29 is 18.0 Å². The van der Waals surface area contributed by atoms with Gasteiger partial charge in [-0.3, -0.25) is 13.9 Å². The molecule has 0 unspecified atom stereocenters. The molecule has 0 aliphatic rings. The molecule has 0 aliphatic heterocycles. The number of anilines is 1. The molecule has 2 aromatic rings. The topological polar surface area (TPSA) is 86.8 Å². The summed E-state index contributed by atoms with van der Waals surface area (Å²) < 4.78 is 26.0. The summed E-state index contributed by atoms with van der Waals surface area (Å²) in [6, 6.07) is 14.9. The van der Waals surface area contributed by atoms with Crippen LogP contribution in [-0.2, 0) is 26.2 Å². The molecule has 0 saturated carbocycles. The highest BCUT2D eigenvalue weighted by atomic mass is 35.5. The molecule has 0 radical (unpaired) electrons. The van der Waals surface area contributed by atoms with Gasteiger partial charge in [0.15, 0.2) is 0 Å². The largest absolute Gasteiger partial charge is 0.354 e. The molecule has 0 bridgehead atoms. The normalized spacial score (nSPS) is 12.1. The molecule has 32 heavy (non-hydrogen) atoms. The number of sulfonamides is 1. The minimum Gasteiger partial charge on any atom is -0.354 e. The van der Waals surface area contributed by atoms with Gasteiger partial charge in [0.1, 0.15) is 12.6 Å². The van der Waals surface area contributed by atoms with Crippen LogP contribution in [0.4, 0.5) is 5.69 Å². The molecule has 0 aromatic heterocycles. The van der Waals surface area contributed by atoms with Crippen LogP contribution >= 0.6 is 11.6 Å². The first-order valence-electron chi connectivity index (χ1n) is 10.5. The van der Waals surface area contributed by atoms with Crippen molar-refractivity contribution in [2.24, 2.45) is 0 Å². The number of nitrogens with one attached hydrogen (secondary N) is 1. The molecule has 0 heterocycles. The zero-order valence-electron chi connectivity index (χ0n) is 18.6. The average molecular weight is 480 g/mol. The average Bonchev–Trinajstić information content (AvgIpc) is 2.76. The molecule has 0 fully saturated rings. The van der Waals surface area contributed by atoms with Crippen LogP contribution in [0.1, 0.15) is 32.3 Å². The lowest BCUT2D eigenvalue weighted by Gasteiger charge is -2.31. The van der Waals surface area contributed by atoms with Crippen LogP contribution < -0.4 is 9.62 Å². The van der Waals surface area contributed by atoms with Crippen molar-refractivity contribution in [1.82, 2.24) is 10.2 Å². The van der Waals surface area contributed by atoms with Crippen molar-refractivity contribution in [2.75, 3.05) is 23.7 Å². The van der Waals surface area contributed by atoms with Crippen molar-refractivity contribution in [2.45, 2.75) is 39.3 Å². The second kappa shape index (κ2) is 11.9. The number of para-hydroxylation sites is 1. The van der Waals surface area contributed by atoms with E-state index in [2.05, 4.69) is 5.32 Å². The third kappa shape index (κ3) is 7.24. The summed E-state index contributed by atoms with van der Waals surface area (Å²) in [5, 5.41) is 3.06. The van der Waals surface area contributed by atoms with Gasteiger partial charge in [0.2, 0.25) is 21.8 Å². The molecular weight excluding hydrogens is 450 g/mol. The van der Waals surface area contributed by atoms with Gasteiger partial charge in [-0.15, -0.1) is 0 Å². The van der Waals surface area contributed by atoms with Gasteiger partial charge in [-0.1, -0.05) is 67.4 Å². The van der Waals surface area contributed by atoms with Crippen LogP contribution in [0.15, 0.2) is 54.6 Å². The number of benzene rings is 2. The summed E-state index contributed by atoms with van der Waals surface area (Å²) in [6.45, 7) is 3.88. The van der Waals surface area contributed by atoms with E-state index in [-0.39, 0.29) is 23.2 Å². The molecular formula is C23H30ClN3O4S. The molecule has 1 N–H and O–H groups in total. The minimum atomic E-state index is -3.80. The molecule has 9 heteroatoms. The van der Waals surface area contributed by atoms with E-state index < -0.39 is 28.5 Å². The number of amides is 2. The maximum absolute atomic E-state index is 13.4. The van der Waals surface area contributed by atoms with Gasteiger partial charge in [-0.05, 0) is 31.0 Å². The van der Waals surface area contributed by atoms with E-state index >= 15 is 0 Å². The molecule has 7 nitrogen and oxygen atoms in total. The summed E-state index contributed by atoms with van der Waals surface area (Å²) in [5.41, 5.74) is 1.04. The zero-order chi connectivity index (χ0) is 23.7. The van der Waals surface area contributed by atoms with Crippen molar-refractivity contribution in [3.8, 4) is 0 Å². The van der Waals surface area contributed by atoms with Crippen LogP contribution in [0.3, 0.4) is 0 Å².